The van der Waals surface area contributed by atoms with Crippen molar-refractivity contribution in [1.29, 1.82) is 0 Å². The van der Waals surface area contributed by atoms with Crippen LogP contribution >= 0.6 is 27.7 Å². The van der Waals surface area contributed by atoms with Gasteiger partial charge in [-0.25, -0.2) is 0 Å². The molecule has 18 heavy (non-hydrogen) atoms. The van der Waals surface area contributed by atoms with Gasteiger partial charge in [0.15, 0.2) is 0 Å². The monoisotopic (exact) mass is 329 g/mol. The Morgan fingerprint density at radius 1 is 1.56 bits per heavy atom. The zero-order valence-electron chi connectivity index (χ0n) is 10.9. The van der Waals surface area contributed by atoms with Gasteiger partial charge in [0.1, 0.15) is 11.9 Å². The van der Waals surface area contributed by atoms with Crippen LogP contribution < -0.4 is 10.1 Å². The van der Waals surface area contributed by atoms with Crippen molar-refractivity contribution in [2.75, 3.05) is 18.1 Å². The standard InChI is InChI=1S/C14H20BrNOS/c1-3-18-9-10(2)16-8-13-7-11-6-12(15)4-5-14(11)17-13/h4-6,10,13,16H,3,7-9H2,1-2H3. The molecule has 0 radical (unpaired) electrons. The predicted molar refractivity (Wildman–Crippen MR) is 82.7 cm³/mol. The average Bonchev–Trinajstić information content (AvgIpc) is 2.75. The first-order valence-electron chi connectivity index (χ1n) is 6.45. The summed E-state index contributed by atoms with van der Waals surface area (Å²) in [4.78, 5) is 0. The van der Waals surface area contributed by atoms with Gasteiger partial charge in [0, 0.05) is 29.2 Å². The number of hydrogen-bond donors (Lipinski definition) is 1. The molecule has 0 saturated carbocycles. The minimum absolute atomic E-state index is 0.281. The molecule has 2 rings (SSSR count). The smallest absolute Gasteiger partial charge is 0.123 e. The van der Waals surface area contributed by atoms with E-state index >= 15 is 0 Å². The molecule has 0 aliphatic carbocycles. The summed E-state index contributed by atoms with van der Waals surface area (Å²) < 4.78 is 7.06. The van der Waals surface area contributed by atoms with E-state index < -0.39 is 0 Å². The summed E-state index contributed by atoms with van der Waals surface area (Å²) in [5, 5.41) is 3.55. The summed E-state index contributed by atoms with van der Waals surface area (Å²) in [5.41, 5.74) is 1.31. The van der Waals surface area contributed by atoms with E-state index in [2.05, 4.69) is 47.2 Å². The Bertz CT molecular complexity index is 399. The predicted octanol–water partition coefficient (Wildman–Crippen LogP) is 3.48. The molecule has 100 valence electrons. The number of halogens is 1. The molecule has 2 nitrogen and oxygen atoms in total. The quantitative estimate of drug-likeness (QED) is 0.863. The van der Waals surface area contributed by atoms with E-state index in [0.29, 0.717) is 6.04 Å². The lowest BCUT2D eigenvalue weighted by atomic mass is 10.1. The Labute approximate surface area is 122 Å². The van der Waals surface area contributed by atoms with Gasteiger partial charge in [-0.1, -0.05) is 22.9 Å². The van der Waals surface area contributed by atoms with E-state index in [1.54, 1.807) is 0 Å². The molecule has 1 N–H and O–H groups in total. The first kappa shape index (κ1) is 14.2. The van der Waals surface area contributed by atoms with Crippen LogP contribution in [0.25, 0.3) is 0 Å². The summed E-state index contributed by atoms with van der Waals surface area (Å²) in [6, 6.07) is 6.80. The van der Waals surface area contributed by atoms with E-state index in [1.165, 1.54) is 17.1 Å². The summed E-state index contributed by atoms with van der Waals surface area (Å²) in [6.45, 7) is 5.37. The van der Waals surface area contributed by atoms with Crippen molar-refractivity contribution in [2.24, 2.45) is 0 Å². The van der Waals surface area contributed by atoms with Crippen LogP contribution in [0.15, 0.2) is 22.7 Å². The highest BCUT2D eigenvalue weighted by Gasteiger charge is 2.22. The lowest BCUT2D eigenvalue weighted by Gasteiger charge is -2.16. The molecular formula is C14H20BrNOS. The number of ether oxygens (including phenoxy) is 1. The molecular weight excluding hydrogens is 310 g/mol. The molecule has 0 spiro atoms. The van der Waals surface area contributed by atoms with Gasteiger partial charge in [-0.15, -0.1) is 0 Å². The second-order valence-corrected chi connectivity index (χ2v) is 6.90. The fourth-order valence-electron chi connectivity index (χ4n) is 2.09. The lowest BCUT2D eigenvalue weighted by molar-refractivity contribution is 0.224. The highest BCUT2D eigenvalue weighted by molar-refractivity contribution is 9.10. The van der Waals surface area contributed by atoms with Crippen LogP contribution in [-0.2, 0) is 6.42 Å². The summed E-state index contributed by atoms with van der Waals surface area (Å²) in [6.07, 6.45) is 1.29. The van der Waals surface area contributed by atoms with Crippen molar-refractivity contribution in [2.45, 2.75) is 32.4 Å². The molecule has 2 atom stereocenters. The van der Waals surface area contributed by atoms with E-state index in [4.69, 9.17) is 4.74 Å². The first-order chi connectivity index (χ1) is 8.69. The molecule has 1 aromatic carbocycles. The van der Waals surface area contributed by atoms with Gasteiger partial charge < -0.3 is 10.1 Å². The van der Waals surface area contributed by atoms with Gasteiger partial charge in [-0.05, 0) is 36.4 Å². The van der Waals surface area contributed by atoms with Crippen molar-refractivity contribution >= 4 is 27.7 Å². The van der Waals surface area contributed by atoms with Crippen LogP contribution in [0.5, 0.6) is 5.75 Å². The van der Waals surface area contributed by atoms with Crippen molar-refractivity contribution < 1.29 is 4.74 Å². The number of hydrogen-bond acceptors (Lipinski definition) is 3. The van der Waals surface area contributed by atoms with Crippen molar-refractivity contribution in [3.63, 3.8) is 0 Å². The van der Waals surface area contributed by atoms with Gasteiger partial charge in [0.25, 0.3) is 0 Å². The van der Waals surface area contributed by atoms with Crippen LogP contribution in [0, 0.1) is 0 Å². The van der Waals surface area contributed by atoms with E-state index in [1.807, 2.05) is 17.8 Å². The Kier molecular flexibility index (Phi) is 5.39. The summed E-state index contributed by atoms with van der Waals surface area (Å²) >= 11 is 5.48. The van der Waals surface area contributed by atoms with Crippen LogP contribution in [0.2, 0.25) is 0 Å². The van der Waals surface area contributed by atoms with Gasteiger partial charge >= 0.3 is 0 Å². The zero-order chi connectivity index (χ0) is 13.0. The number of nitrogens with one attached hydrogen (secondary N) is 1. The molecule has 0 amide bonds. The van der Waals surface area contributed by atoms with E-state index in [0.717, 1.165) is 23.2 Å². The minimum atomic E-state index is 0.281. The maximum Gasteiger partial charge on any atom is 0.123 e. The lowest BCUT2D eigenvalue weighted by Crippen LogP contribution is -2.37. The van der Waals surface area contributed by atoms with Crippen molar-refractivity contribution in [3.8, 4) is 5.75 Å². The first-order valence-corrected chi connectivity index (χ1v) is 8.40. The second-order valence-electron chi connectivity index (χ2n) is 4.66. The number of fused-ring (bicyclic) bond motifs is 1. The number of rotatable bonds is 6. The fraction of sp³-hybridized carbons (Fsp3) is 0.571. The highest BCUT2D eigenvalue weighted by atomic mass is 79.9. The normalized spacial score (nSPS) is 19.4. The molecule has 1 aliphatic rings. The Morgan fingerprint density at radius 3 is 3.17 bits per heavy atom. The van der Waals surface area contributed by atoms with E-state index in [-0.39, 0.29) is 6.10 Å². The third-order valence-corrected chi connectivity index (χ3v) is 4.67. The average molecular weight is 330 g/mol. The fourth-order valence-corrected chi connectivity index (χ4v) is 3.20. The van der Waals surface area contributed by atoms with Crippen LogP contribution in [0.4, 0.5) is 0 Å². The van der Waals surface area contributed by atoms with Crippen LogP contribution in [0.3, 0.4) is 0 Å². The van der Waals surface area contributed by atoms with E-state index in [9.17, 15) is 0 Å². The molecule has 0 fully saturated rings. The van der Waals surface area contributed by atoms with Gasteiger partial charge in [-0.3, -0.25) is 0 Å². The van der Waals surface area contributed by atoms with Crippen molar-refractivity contribution in [1.82, 2.24) is 5.32 Å². The Balaban J connectivity index is 1.77. The third-order valence-electron chi connectivity index (χ3n) is 3.03. The number of benzene rings is 1. The number of thioether (sulfide) groups is 1. The summed E-state index contributed by atoms with van der Waals surface area (Å²) in [5.74, 6) is 3.40. The highest BCUT2D eigenvalue weighted by Crippen LogP contribution is 2.30. The Morgan fingerprint density at radius 2 is 2.39 bits per heavy atom. The zero-order valence-corrected chi connectivity index (χ0v) is 13.3. The van der Waals surface area contributed by atoms with Crippen molar-refractivity contribution in [3.05, 3.63) is 28.2 Å². The SMILES string of the molecule is CCSCC(C)NCC1Cc2cc(Br)ccc2O1. The van der Waals surface area contributed by atoms with Crippen LogP contribution in [0.1, 0.15) is 19.4 Å². The summed E-state index contributed by atoms with van der Waals surface area (Å²) in [7, 11) is 0. The van der Waals surface area contributed by atoms with Gasteiger partial charge in [0.2, 0.25) is 0 Å². The Hall–Kier alpha value is -0.190. The third kappa shape index (κ3) is 3.90. The largest absolute Gasteiger partial charge is 0.488 e. The maximum atomic E-state index is 5.93. The molecule has 1 heterocycles. The van der Waals surface area contributed by atoms with Crippen LogP contribution in [-0.4, -0.2) is 30.2 Å². The topological polar surface area (TPSA) is 21.3 Å². The molecule has 0 saturated heterocycles. The molecule has 1 aromatic rings. The van der Waals surface area contributed by atoms with Gasteiger partial charge in [0.05, 0.1) is 0 Å². The maximum absolute atomic E-state index is 5.93. The minimum Gasteiger partial charge on any atom is -0.488 e. The van der Waals surface area contributed by atoms with Gasteiger partial charge in [-0.2, -0.15) is 11.8 Å². The second kappa shape index (κ2) is 6.83. The molecule has 1 aliphatic heterocycles. The molecule has 0 aromatic heterocycles. The molecule has 2 unspecified atom stereocenters. The molecule has 0 bridgehead atoms. The molecule has 4 heteroatoms.